The van der Waals surface area contributed by atoms with Crippen molar-refractivity contribution in [1.29, 1.82) is 0 Å². The van der Waals surface area contributed by atoms with Gasteiger partial charge in [0.1, 0.15) is 0 Å². The highest BCUT2D eigenvalue weighted by atomic mass is 19.4. The molecule has 2 aromatic rings. The van der Waals surface area contributed by atoms with Gasteiger partial charge in [-0.3, -0.25) is 0 Å². The van der Waals surface area contributed by atoms with Crippen LogP contribution in [0.3, 0.4) is 0 Å². The summed E-state index contributed by atoms with van der Waals surface area (Å²) in [4.78, 5) is 13.9. The Morgan fingerprint density at radius 2 is 2.05 bits per heavy atom. The van der Waals surface area contributed by atoms with Crippen LogP contribution in [0.1, 0.15) is 5.56 Å². The van der Waals surface area contributed by atoms with Crippen molar-refractivity contribution in [3.8, 4) is 11.6 Å². The highest BCUT2D eigenvalue weighted by Gasteiger charge is 2.30. The molecule has 0 unspecified atom stereocenters. The van der Waals surface area contributed by atoms with Crippen molar-refractivity contribution in [3.63, 3.8) is 0 Å². The minimum Gasteiger partial charge on any atom is -0.449 e. The molecule has 0 aromatic carbocycles. The zero-order chi connectivity index (χ0) is 14.9. The Morgan fingerprint density at radius 1 is 1.35 bits per heavy atom. The summed E-state index contributed by atoms with van der Waals surface area (Å²) in [7, 11) is 0. The van der Waals surface area contributed by atoms with Crippen molar-refractivity contribution in [1.82, 2.24) is 14.8 Å². The second-order valence-corrected chi connectivity index (χ2v) is 3.58. The molecule has 10 heteroatoms. The van der Waals surface area contributed by atoms with Gasteiger partial charge in [0.05, 0.1) is 11.8 Å². The van der Waals surface area contributed by atoms with Gasteiger partial charge in [0, 0.05) is 6.20 Å². The van der Waals surface area contributed by atoms with Crippen molar-refractivity contribution in [2.24, 2.45) is 0 Å². The first-order valence-corrected chi connectivity index (χ1v) is 5.07. The highest BCUT2D eigenvalue weighted by molar-refractivity contribution is 5.64. The van der Waals surface area contributed by atoms with E-state index >= 15 is 0 Å². The number of nitrogens with zero attached hydrogens (tertiary/aromatic N) is 3. The summed E-state index contributed by atoms with van der Waals surface area (Å²) in [6.07, 6.45) is -4.45. The number of aromatic nitrogens is 3. The first-order valence-electron chi connectivity index (χ1n) is 5.07. The molecule has 0 spiro atoms. The highest BCUT2D eigenvalue weighted by Crippen LogP contribution is 2.29. The number of nitrogen functional groups attached to an aromatic ring is 1. The maximum Gasteiger partial charge on any atom is 0.511 e. The lowest BCUT2D eigenvalue weighted by atomic mass is 10.3. The SMILES string of the molecule is Nc1c(OC(=O)O)cnn1-c1ccc(C(F)(F)F)cn1. The number of hydrogen-bond donors (Lipinski definition) is 2. The van der Waals surface area contributed by atoms with E-state index in [9.17, 15) is 18.0 Å². The minimum atomic E-state index is -4.50. The molecule has 2 rings (SSSR count). The predicted octanol–water partition coefficient (Wildman–Crippen LogP) is 1.93. The van der Waals surface area contributed by atoms with E-state index < -0.39 is 17.9 Å². The van der Waals surface area contributed by atoms with Crippen LogP contribution in [0.2, 0.25) is 0 Å². The second-order valence-electron chi connectivity index (χ2n) is 3.58. The maximum atomic E-state index is 12.4. The number of ether oxygens (including phenoxy) is 1. The fraction of sp³-hybridized carbons (Fsp3) is 0.100. The molecule has 0 saturated heterocycles. The van der Waals surface area contributed by atoms with Crippen LogP contribution >= 0.6 is 0 Å². The largest absolute Gasteiger partial charge is 0.511 e. The Hall–Kier alpha value is -2.78. The average Bonchev–Trinajstić information content (AvgIpc) is 2.69. The van der Waals surface area contributed by atoms with Crippen LogP contribution in [-0.4, -0.2) is 26.0 Å². The Labute approximate surface area is 109 Å². The van der Waals surface area contributed by atoms with E-state index in [0.29, 0.717) is 6.20 Å². The molecule has 0 atom stereocenters. The van der Waals surface area contributed by atoms with E-state index in [1.54, 1.807) is 0 Å². The zero-order valence-electron chi connectivity index (χ0n) is 9.63. The zero-order valence-corrected chi connectivity index (χ0v) is 9.63. The fourth-order valence-electron chi connectivity index (χ4n) is 1.38. The third-order valence-electron chi connectivity index (χ3n) is 2.26. The third-order valence-corrected chi connectivity index (χ3v) is 2.26. The van der Waals surface area contributed by atoms with Crippen molar-refractivity contribution >= 4 is 12.0 Å². The lowest BCUT2D eigenvalue weighted by molar-refractivity contribution is -0.137. The maximum absolute atomic E-state index is 12.4. The van der Waals surface area contributed by atoms with Gasteiger partial charge >= 0.3 is 12.3 Å². The molecule has 2 aromatic heterocycles. The summed E-state index contributed by atoms with van der Waals surface area (Å²) >= 11 is 0. The third kappa shape index (κ3) is 2.63. The smallest absolute Gasteiger partial charge is 0.449 e. The molecule has 3 N–H and O–H groups in total. The lowest BCUT2D eigenvalue weighted by Gasteiger charge is -2.07. The minimum absolute atomic E-state index is 0.00395. The number of rotatable bonds is 2. The van der Waals surface area contributed by atoms with E-state index in [4.69, 9.17) is 10.8 Å². The van der Waals surface area contributed by atoms with Crippen LogP contribution in [0.4, 0.5) is 23.8 Å². The molecule has 7 nitrogen and oxygen atoms in total. The monoisotopic (exact) mass is 288 g/mol. The summed E-state index contributed by atoms with van der Waals surface area (Å²) in [5.74, 6) is -0.436. The molecular formula is C10H7F3N4O3. The standard InChI is InChI=1S/C10H7F3N4O3/c11-10(12,13)5-1-2-7(15-3-5)17-8(14)6(4-16-17)20-9(18)19/h1-4H,14H2,(H,18,19). The van der Waals surface area contributed by atoms with Gasteiger partial charge in [-0.1, -0.05) is 0 Å². The van der Waals surface area contributed by atoms with Gasteiger partial charge in [-0.25, -0.2) is 9.78 Å². The topological polar surface area (TPSA) is 103 Å². The molecule has 0 saturated carbocycles. The van der Waals surface area contributed by atoms with Gasteiger partial charge in [0.15, 0.2) is 17.4 Å². The summed E-state index contributed by atoms with van der Waals surface area (Å²) in [6, 6.07) is 1.86. The molecule has 20 heavy (non-hydrogen) atoms. The molecule has 0 aliphatic heterocycles. The molecule has 0 aliphatic rings. The van der Waals surface area contributed by atoms with Crippen molar-refractivity contribution < 1.29 is 27.8 Å². The Bertz CT molecular complexity index is 636. The van der Waals surface area contributed by atoms with Crippen LogP contribution in [0, 0.1) is 0 Å². The normalized spacial score (nSPS) is 11.3. The van der Waals surface area contributed by atoms with Gasteiger partial charge in [-0.2, -0.15) is 23.0 Å². The molecule has 2 heterocycles. The number of hydrogen-bond acceptors (Lipinski definition) is 5. The lowest BCUT2D eigenvalue weighted by Crippen LogP contribution is -2.09. The fourth-order valence-corrected chi connectivity index (χ4v) is 1.38. The molecule has 0 fully saturated rings. The van der Waals surface area contributed by atoms with Crippen molar-refractivity contribution in [3.05, 3.63) is 30.1 Å². The summed E-state index contributed by atoms with van der Waals surface area (Å²) < 4.78 is 42.4. The van der Waals surface area contributed by atoms with Gasteiger partial charge in [-0.15, -0.1) is 0 Å². The van der Waals surface area contributed by atoms with E-state index in [0.717, 1.165) is 23.0 Å². The van der Waals surface area contributed by atoms with E-state index in [1.807, 2.05) is 0 Å². The number of carbonyl (C=O) groups is 1. The van der Waals surface area contributed by atoms with Crippen LogP contribution in [0.15, 0.2) is 24.5 Å². The Morgan fingerprint density at radius 3 is 2.55 bits per heavy atom. The number of halogens is 3. The second kappa shape index (κ2) is 4.72. The first kappa shape index (κ1) is 13.6. The summed E-state index contributed by atoms with van der Waals surface area (Å²) in [6.45, 7) is 0. The Kier molecular flexibility index (Phi) is 3.22. The Balaban J connectivity index is 2.33. The number of alkyl halides is 3. The van der Waals surface area contributed by atoms with Gasteiger partial charge in [-0.05, 0) is 12.1 Å². The molecule has 0 bridgehead atoms. The van der Waals surface area contributed by atoms with Gasteiger partial charge < -0.3 is 15.6 Å². The van der Waals surface area contributed by atoms with Crippen LogP contribution < -0.4 is 10.5 Å². The summed E-state index contributed by atoms with van der Waals surface area (Å²) in [5.41, 5.74) is 4.64. The van der Waals surface area contributed by atoms with Crippen molar-refractivity contribution in [2.75, 3.05) is 5.73 Å². The first-order chi connectivity index (χ1) is 9.29. The number of carboxylic acid groups (broad SMARTS) is 1. The van der Waals surface area contributed by atoms with Crippen molar-refractivity contribution in [2.45, 2.75) is 6.18 Å². The number of pyridine rings is 1. The van der Waals surface area contributed by atoms with E-state index in [1.165, 1.54) is 0 Å². The predicted molar refractivity (Wildman–Crippen MR) is 59.4 cm³/mol. The molecule has 0 radical (unpaired) electrons. The van der Waals surface area contributed by atoms with Crippen LogP contribution in [-0.2, 0) is 6.18 Å². The van der Waals surface area contributed by atoms with Crippen LogP contribution in [0.25, 0.3) is 5.82 Å². The molecule has 106 valence electrons. The summed E-state index contributed by atoms with van der Waals surface area (Å²) in [5, 5.41) is 12.1. The van der Waals surface area contributed by atoms with E-state index in [-0.39, 0.29) is 17.4 Å². The average molecular weight is 288 g/mol. The molecule has 0 aliphatic carbocycles. The molecule has 0 amide bonds. The van der Waals surface area contributed by atoms with E-state index in [2.05, 4.69) is 14.8 Å². The van der Waals surface area contributed by atoms with Crippen LogP contribution in [0.5, 0.6) is 5.75 Å². The number of anilines is 1. The van der Waals surface area contributed by atoms with Gasteiger partial charge in [0.2, 0.25) is 0 Å². The molecular weight excluding hydrogens is 281 g/mol. The number of nitrogens with two attached hydrogens (primary N) is 1. The van der Waals surface area contributed by atoms with Gasteiger partial charge in [0.25, 0.3) is 0 Å². The quantitative estimate of drug-likeness (QED) is 0.818.